The van der Waals surface area contributed by atoms with Gasteiger partial charge in [-0.25, -0.2) is 0 Å². The summed E-state index contributed by atoms with van der Waals surface area (Å²) < 4.78 is 1.96. The minimum absolute atomic E-state index is 0. The van der Waals surface area contributed by atoms with Crippen molar-refractivity contribution in [1.82, 2.24) is 15.1 Å². The molecule has 1 aromatic rings. The third-order valence-electron chi connectivity index (χ3n) is 5.68. The number of hydrogen-bond acceptors (Lipinski definition) is 3. The molecule has 0 bridgehead atoms. The lowest BCUT2D eigenvalue weighted by molar-refractivity contribution is 0.0218. The van der Waals surface area contributed by atoms with Crippen molar-refractivity contribution in [3.8, 4) is 0 Å². The maximum absolute atomic E-state index is 13.1. The van der Waals surface area contributed by atoms with Crippen LogP contribution < -0.4 is 5.32 Å². The molecule has 3 rings (SSSR count). The number of ketones is 1. The SMILES string of the molecule is CC(C)(C)n1cc2c(n1)C(=O)C(C)(C)C1(CCNCC1)C2.Cl. The van der Waals surface area contributed by atoms with Crippen LogP contribution in [-0.2, 0) is 12.0 Å². The zero-order valence-electron chi connectivity index (χ0n) is 14.3. The Kier molecular flexibility index (Phi) is 4.25. The van der Waals surface area contributed by atoms with Gasteiger partial charge in [0.2, 0.25) is 0 Å². The van der Waals surface area contributed by atoms with E-state index in [4.69, 9.17) is 0 Å². The van der Waals surface area contributed by atoms with Crippen molar-refractivity contribution in [1.29, 1.82) is 0 Å². The van der Waals surface area contributed by atoms with E-state index in [0.717, 1.165) is 37.9 Å². The van der Waals surface area contributed by atoms with Crippen LogP contribution in [0.1, 0.15) is 63.5 Å². The van der Waals surface area contributed by atoms with Gasteiger partial charge >= 0.3 is 0 Å². The van der Waals surface area contributed by atoms with E-state index in [2.05, 4.69) is 51.2 Å². The highest BCUT2D eigenvalue weighted by Crippen LogP contribution is 2.53. The smallest absolute Gasteiger partial charge is 0.189 e. The van der Waals surface area contributed by atoms with Crippen molar-refractivity contribution in [3.63, 3.8) is 0 Å². The number of fused-ring (bicyclic) bond motifs is 1. The zero-order valence-corrected chi connectivity index (χ0v) is 15.1. The maximum atomic E-state index is 13.1. The van der Waals surface area contributed by atoms with Crippen LogP contribution in [0.4, 0.5) is 0 Å². The number of rotatable bonds is 0. The molecule has 0 amide bonds. The molecule has 1 aliphatic carbocycles. The van der Waals surface area contributed by atoms with E-state index in [0.29, 0.717) is 5.69 Å². The van der Waals surface area contributed by atoms with Gasteiger partial charge in [0.25, 0.3) is 0 Å². The Balaban J connectivity index is 0.00000176. The first-order valence-electron chi connectivity index (χ1n) is 8.02. The maximum Gasteiger partial charge on any atom is 0.189 e. The standard InChI is InChI=1S/C17H27N3O.ClH/c1-15(2,3)20-11-12-10-17(6-8-18-9-7-17)16(4,5)14(21)13(12)19-20;/h11,18H,6-10H2,1-5H3;1H. The highest BCUT2D eigenvalue weighted by molar-refractivity contribution is 6.01. The summed E-state index contributed by atoms with van der Waals surface area (Å²) in [6, 6.07) is 0. The molecular weight excluding hydrogens is 298 g/mol. The average Bonchev–Trinajstić information content (AvgIpc) is 2.81. The van der Waals surface area contributed by atoms with Crippen molar-refractivity contribution in [3.05, 3.63) is 17.5 Å². The number of halogens is 1. The van der Waals surface area contributed by atoms with Gasteiger partial charge < -0.3 is 5.32 Å². The number of Topliss-reactive ketones (excluding diaryl/α,β-unsaturated/α-hetero) is 1. The van der Waals surface area contributed by atoms with Crippen LogP contribution in [0.5, 0.6) is 0 Å². The molecule has 2 heterocycles. The molecule has 0 radical (unpaired) electrons. The number of hydrogen-bond donors (Lipinski definition) is 1. The molecule has 5 heteroatoms. The summed E-state index contributed by atoms with van der Waals surface area (Å²) in [5.74, 6) is 0.230. The molecule has 1 saturated heterocycles. The van der Waals surface area contributed by atoms with Gasteiger partial charge in [-0.05, 0) is 58.5 Å². The lowest BCUT2D eigenvalue weighted by Gasteiger charge is -2.50. The summed E-state index contributed by atoms with van der Waals surface area (Å²) in [5, 5.41) is 8.06. The summed E-state index contributed by atoms with van der Waals surface area (Å²) in [7, 11) is 0. The lowest BCUT2D eigenvalue weighted by Crippen LogP contribution is -2.53. The summed E-state index contributed by atoms with van der Waals surface area (Å²) in [6.45, 7) is 12.7. The van der Waals surface area contributed by atoms with Gasteiger partial charge in [0.1, 0.15) is 5.69 Å². The number of carbonyl (C=O) groups excluding carboxylic acids is 1. The molecule has 4 nitrogen and oxygen atoms in total. The molecule has 0 aromatic carbocycles. The summed E-state index contributed by atoms with van der Waals surface area (Å²) in [4.78, 5) is 13.1. The van der Waals surface area contributed by atoms with Gasteiger partial charge in [-0.2, -0.15) is 5.10 Å². The van der Waals surface area contributed by atoms with Gasteiger partial charge in [0, 0.05) is 17.2 Å². The lowest BCUT2D eigenvalue weighted by atomic mass is 9.53. The molecule has 1 aromatic heterocycles. The fourth-order valence-corrected chi connectivity index (χ4v) is 3.90. The van der Waals surface area contributed by atoms with Crippen LogP contribution >= 0.6 is 12.4 Å². The van der Waals surface area contributed by atoms with Crippen LogP contribution in [0, 0.1) is 10.8 Å². The highest BCUT2D eigenvalue weighted by Gasteiger charge is 2.54. The second-order valence-electron chi connectivity index (χ2n) is 8.28. The van der Waals surface area contributed by atoms with Crippen LogP contribution in [0.25, 0.3) is 0 Å². The Bertz CT molecular complexity index is 577. The molecular formula is C17H28ClN3O. The molecule has 0 saturated carbocycles. The van der Waals surface area contributed by atoms with E-state index in [1.165, 1.54) is 0 Å². The Hall–Kier alpha value is -0.870. The third-order valence-corrected chi connectivity index (χ3v) is 5.68. The normalized spacial score (nSPS) is 23.0. The fraction of sp³-hybridized carbons (Fsp3) is 0.765. The van der Waals surface area contributed by atoms with E-state index < -0.39 is 0 Å². The topological polar surface area (TPSA) is 46.9 Å². The Morgan fingerprint density at radius 2 is 1.82 bits per heavy atom. The number of carbonyl (C=O) groups is 1. The predicted octanol–water partition coefficient (Wildman–Crippen LogP) is 3.19. The molecule has 1 fully saturated rings. The van der Waals surface area contributed by atoms with Crippen molar-refractivity contribution >= 4 is 18.2 Å². The minimum atomic E-state index is -0.320. The van der Waals surface area contributed by atoms with Gasteiger partial charge in [0.15, 0.2) is 5.78 Å². The summed E-state index contributed by atoms with van der Waals surface area (Å²) >= 11 is 0. The van der Waals surface area contributed by atoms with Gasteiger partial charge in [-0.1, -0.05) is 13.8 Å². The Morgan fingerprint density at radius 3 is 2.36 bits per heavy atom. The minimum Gasteiger partial charge on any atom is -0.317 e. The molecule has 22 heavy (non-hydrogen) atoms. The Labute approximate surface area is 139 Å². The number of piperidine rings is 1. The molecule has 1 N–H and O–H groups in total. The summed E-state index contributed by atoms with van der Waals surface area (Å²) in [5.41, 5.74) is 1.55. The molecule has 0 unspecified atom stereocenters. The van der Waals surface area contributed by atoms with Gasteiger partial charge in [-0.15, -0.1) is 12.4 Å². The number of nitrogens with zero attached hydrogens (tertiary/aromatic N) is 2. The Morgan fingerprint density at radius 1 is 1.23 bits per heavy atom. The van der Waals surface area contributed by atoms with Gasteiger partial charge in [-0.3, -0.25) is 9.48 Å². The van der Waals surface area contributed by atoms with Crippen molar-refractivity contribution in [2.24, 2.45) is 10.8 Å². The van der Waals surface area contributed by atoms with Crippen molar-refractivity contribution in [2.45, 2.75) is 59.4 Å². The molecule has 2 aliphatic rings. The first kappa shape index (κ1) is 17.5. The quantitative estimate of drug-likeness (QED) is 0.797. The van der Waals surface area contributed by atoms with E-state index in [-0.39, 0.29) is 34.6 Å². The highest BCUT2D eigenvalue weighted by atomic mass is 35.5. The summed E-state index contributed by atoms with van der Waals surface area (Å²) in [6.07, 6.45) is 5.24. The molecule has 124 valence electrons. The van der Waals surface area contributed by atoms with Crippen LogP contribution in [0.3, 0.4) is 0 Å². The monoisotopic (exact) mass is 325 g/mol. The predicted molar refractivity (Wildman–Crippen MR) is 90.8 cm³/mol. The zero-order chi connectivity index (χ0) is 15.5. The number of aromatic nitrogens is 2. The van der Waals surface area contributed by atoms with Gasteiger partial charge in [0.05, 0.1) is 5.54 Å². The molecule has 0 atom stereocenters. The third kappa shape index (κ3) is 2.41. The second kappa shape index (κ2) is 5.34. The fourth-order valence-electron chi connectivity index (χ4n) is 3.90. The van der Waals surface area contributed by atoms with E-state index in [1.54, 1.807) is 0 Å². The van der Waals surface area contributed by atoms with Crippen LogP contribution in [-0.4, -0.2) is 28.7 Å². The number of nitrogens with one attached hydrogen (secondary N) is 1. The first-order chi connectivity index (χ1) is 9.67. The van der Waals surface area contributed by atoms with E-state index in [9.17, 15) is 4.79 Å². The molecule has 1 spiro atoms. The average molecular weight is 326 g/mol. The van der Waals surface area contributed by atoms with Crippen molar-refractivity contribution < 1.29 is 4.79 Å². The van der Waals surface area contributed by atoms with E-state index >= 15 is 0 Å². The first-order valence-corrected chi connectivity index (χ1v) is 8.02. The van der Waals surface area contributed by atoms with Crippen LogP contribution in [0.15, 0.2) is 6.20 Å². The van der Waals surface area contributed by atoms with E-state index in [1.807, 2.05) is 4.68 Å². The van der Waals surface area contributed by atoms with Crippen molar-refractivity contribution in [2.75, 3.05) is 13.1 Å². The largest absolute Gasteiger partial charge is 0.317 e. The molecule has 1 aliphatic heterocycles. The van der Waals surface area contributed by atoms with Crippen LogP contribution in [0.2, 0.25) is 0 Å². The second-order valence-corrected chi connectivity index (χ2v) is 8.28.